The minimum atomic E-state index is -0.765. The molecule has 23 heavy (non-hydrogen) atoms. The Balaban J connectivity index is 2.16. The zero-order valence-corrected chi connectivity index (χ0v) is 13.3. The molecule has 1 atom stereocenters. The van der Waals surface area contributed by atoms with Crippen molar-refractivity contribution in [2.24, 2.45) is 0 Å². The minimum absolute atomic E-state index is 0.0996. The molecule has 1 aromatic carbocycles. The van der Waals surface area contributed by atoms with E-state index in [9.17, 15) is 14.0 Å². The number of aromatic amines is 1. The highest BCUT2D eigenvalue weighted by Crippen LogP contribution is 2.21. The van der Waals surface area contributed by atoms with E-state index in [1.54, 1.807) is 44.1 Å². The summed E-state index contributed by atoms with van der Waals surface area (Å²) >= 11 is 0. The highest BCUT2D eigenvalue weighted by atomic mass is 19.1. The second-order valence-electron chi connectivity index (χ2n) is 5.43. The van der Waals surface area contributed by atoms with Crippen molar-refractivity contribution in [3.05, 3.63) is 63.6 Å². The number of nitrogens with one attached hydrogen (secondary N) is 2. The number of benzene rings is 1. The van der Waals surface area contributed by atoms with E-state index in [1.165, 1.54) is 12.1 Å². The molecular formula is C16H19FN4O2. The Bertz CT molecular complexity index is 758. The predicted octanol–water partition coefficient (Wildman–Crippen LogP) is 1.14. The standard InChI is InChI=1S/C16H19FN4O2/c1-10-19-11(8-14(22)20-10)9-18-16(23)15(21(2)3)12-6-4-5-7-13(12)17/h4-8,15H,9H2,1-3H3,(H,18,23)(H,19,20,22)/t15-/m0/s1. The van der Waals surface area contributed by atoms with Gasteiger partial charge in [-0.3, -0.25) is 14.5 Å². The second kappa shape index (κ2) is 7.15. The van der Waals surface area contributed by atoms with Crippen molar-refractivity contribution in [1.82, 2.24) is 20.2 Å². The van der Waals surface area contributed by atoms with Crippen LogP contribution < -0.4 is 10.9 Å². The summed E-state index contributed by atoms with van der Waals surface area (Å²) in [6, 6.07) is 6.71. The Morgan fingerprint density at radius 2 is 2.09 bits per heavy atom. The first-order chi connectivity index (χ1) is 10.9. The zero-order valence-electron chi connectivity index (χ0n) is 13.3. The first-order valence-corrected chi connectivity index (χ1v) is 7.14. The van der Waals surface area contributed by atoms with Crippen LogP contribution in [0.5, 0.6) is 0 Å². The summed E-state index contributed by atoms with van der Waals surface area (Å²) in [4.78, 5) is 32.2. The molecule has 0 aliphatic heterocycles. The lowest BCUT2D eigenvalue weighted by atomic mass is 10.0. The lowest BCUT2D eigenvalue weighted by Gasteiger charge is -2.24. The molecule has 6 nitrogen and oxygen atoms in total. The molecule has 0 saturated heterocycles. The fraction of sp³-hybridized carbons (Fsp3) is 0.312. The van der Waals surface area contributed by atoms with Crippen LogP contribution in [0.15, 0.2) is 35.1 Å². The van der Waals surface area contributed by atoms with Crippen LogP contribution in [-0.2, 0) is 11.3 Å². The van der Waals surface area contributed by atoms with E-state index in [0.29, 0.717) is 17.1 Å². The molecule has 2 N–H and O–H groups in total. The molecule has 2 rings (SSSR count). The summed E-state index contributed by atoms with van der Waals surface area (Å²) < 4.78 is 14.0. The Morgan fingerprint density at radius 3 is 2.70 bits per heavy atom. The predicted molar refractivity (Wildman–Crippen MR) is 84.3 cm³/mol. The number of H-pyrrole nitrogens is 1. The number of nitrogens with zero attached hydrogens (tertiary/aromatic N) is 2. The molecule has 0 aliphatic rings. The monoisotopic (exact) mass is 318 g/mol. The number of carbonyl (C=O) groups is 1. The zero-order chi connectivity index (χ0) is 17.0. The van der Waals surface area contributed by atoms with Gasteiger partial charge in [-0.1, -0.05) is 18.2 Å². The molecule has 1 amide bonds. The maximum absolute atomic E-state index is 14.0. The Hall–Kier alpha value is -2.54. The lowest BCUT2D eigenvalue weighted by molar-refractivity contribution is -0.126. The van der Waals surface area contributed by atoms with Gasteiger partial charge >= 0.3 is 0 Å². The molecule has 0 bridgehead atoms. The van der Waals surface area contributed by atoms with E-state index < -0.39 is 11.9 Å². The van der Waals surface area contributed by atoms with Crippen molar-refractivity contribution in [3.8, 4) is 0 Å². The van der Waals surface area contributed by atoms with Crippen LogP contribution in [-0.4, -0.2) is 34.9 Å². The number of likely N-dealkylation sites (N-methyl/N-ethyl adjacent to an activating group) is 1. The normalized spacial score (nSPS) is 12.2. The summed E-state index contributed by atoms with van der Waals surface area (Å²) in [6.45, 7) is 1.76. The van der Waals surface area contributed by atoms with Crippen molar-refractivity contribution in [3.63, 3.8) is 0 Å². The number of carbonyl (C=O) groups excluding carboxylic acids is 1. The van der Waals surface area contributed by atoms with Crippen LogP contribution in [0.1, 0.15) is 23.1 Å². The molecule has 7 heteroatoms. The Morgan fingerprint density at radius 1 is 1.39 bits per heavy atom. The van der Waals surface area contributed by atoms with Gasteiger partial charge in [0.1, 0.15) is 17.7 Å². The van der Waals surface area contributed by atoms with Crippen molar-refractivity contribution >= 4 is 5.91 Å². The van der Waals surface area contributed by atoms with E-state index >= 15 is 0 Å². The van der Waals surface area contributed by atoms with Gasteiger partial charge in [0.05, 0.1) is 12.2 Å². The van der Waals surface area contributed by atoms with Gasteiger partial charge < -0.3 is 10.3 Å². The molecular weight excluding hydrogens is 299 g/mol. The van der Waals surface area contributed by atoms with Crippen LogP contribution in [0.4, 0.5) is 4.39 Å². The summed E-state index contributed by atoms with van der Waals surface area (Å²) in [5.74, 6) is -0.327. The van der Waals surface area contributed by atoms with Gasteiger partial charge in [0.25, 0.3) is 5.56 Å². The molecule has 0 radical (unpaired) electrons. The molecule has 1 aromatic heterocycles. The SMILES string of the molecule is Cc1nc(CNC(=O)[C@H](c2ccccc2F)N(C)C)cc(=O)[nH]1. The number of aromatic nitrogens is 2. The molecule has 0 spiro atoms. The highest BCUT2D eigenvalue weighted by Gasteiger charge is 2.25. The van der Waals surface area contributed by atoms with Crippen LogP contribution in [0, 0.1) is 12.7 Å². The molecule has 0 aliphatic carbocycles. The van der Waals surface area contributed by atoms with E-state index in [4.69, 9.17) is 0 Å². The van der Waals surface area contributed by atoms with Gasteiger partial charge in [-0.25, -0.2) is 9.37 Å². The average Bonchev–Trinajstić information content (AvgIpc) is 2.46. The average molecular weight is 318 g/mol. The van der Waals surface area contributed by atoms with Crippen molar-refractivity contribution < 1.29 is 9.18 Å². The van der Waals surface area contributed by atoms with Gasteiger partial charge in [-0.15, -0.1) is 0 Å². The summed E-state index contributed by atoms with van der Waals surface area (Å²) in [5.41, 5.74) is 0.468. The molecule has 0 unspecified atom stereocenters. The van der Waals surface area contributed by atoms with Gasteiger partial charge in [-0.2, -0.15) is 0 Å². The minimum Gasteiger partial charge on any atom is -0.349 e. The van der Waals surface area contributed by atoms with Crippen LogP contribution in [0.25, 0.3) is 0 Å². The second-order valence-corrected chi connectivity index (χ2v) is 5.43. The molecule has 0 fully saturated rings. The quantitative estimate of drug-likeness (QED) is 0.866. The fourth-order valence-electron chi connectivity index (χ4n) is 2.36. The van der Waals surface area contributed by atoms with Crippen LogP contribution in [0.3, 0.4) is 0 Å². The highest BCUT2D eigenvalue weighted by molar-refractivity contribution is 5.83. The van der Waals surface area contributed by atoms with Gasteiger partial charge in [0, 0.05) is 11.6 Å². The third-order valence-electron chi connectivity index (χ3n) is 3.32. The topological polar surface area (TPSA) is 78.1 Å². The van der Waals surface area contributed by atoms with E-state index in [-0.39, 0.29) is 18.0 Å². The largest absolute Gasteiger partial charge is 0.349 e. The fourth-order valence-corrected chi connectivity index (χ4v) is 2.36. The Labute approximate surface area is 133 Å². The number of hydrogen-bond acceptors (Lipinski definition) is 4. The smallest absolute Gasteiger partial charge is 0.251 e. The summed E-state index contributed by atoms with van der Waals surface area (Å²) in [6.07, 6.45) is 0. The Kier molecular flexibility index (Phi) is 5.23. The maximum Gasteiger partial charge on any atom is 0.251 e. The molecule has 122 valence electrons. The third-order valence-corrected chi connectivity index (χ3v) is 3.32. The molecule has 1 heterocycles. The van der Waals surface area contributed by atoms with Crippen molar-refractivity contribution in [1.29, 1.82) is 0 Å². The van der Waals surface area contributed by atoms with E-state index in [0.717, 1.165) is 0 Å². The number of rotatable bonds is 5. The maximum atomic E-state index is 14.0. The number of halogens is 1. The van der Waals surface area contributed by atoms with Gasteiger partial charge in [-0.05, 0) is 27.1 Å². The van der Waals surface area contributed by atoms with E-state index in [1.807, 2.05) is 0 Å². The van der Waals surface area contributed by atoms with Gasteiger partial charge in [0.15, 0.2) is 0 Å². The van der Waals surface area contributed by atoms with Crippen LogP contribution >= 0.6 is 0 Å². The van der Waals surface area contributed by atoms with Gasteiger partial charge in [0.2, 0.25) is 5.91 Å². The summed E-state index contributed by atoms with van der Waals surface area (Å²) in [5, 5.41) is 2.70. The lowest BCUT2D eigenvalue weighted by Crippen LogP contribution is -2.37. The van der Waals surface area contributed by atoms with Crippen molar-refractivity contribution in [2.75, 3.05) is 14.1 Å². The summed E-state index contributed by atoms with van der Waals surface area (Å²) in [7, 11) is 3.40. The van der Waals surface area contributed by atoms with Crippen molar-refractivity contribution in [2.45, 2.75) is 19.5 Å². The first kappa shape index (κ1) is 16.8. The molecule has 2 aromatic rings. The third kappa shape index (κ3) is 4.23. The first-order valence-electron chi connectivity index (χ1n) is 7.14. The number of hydrogen-bond donors (Lipinski definition) is 2. The number of amides is 1. The number of aryl methyl sites for hydroxylation is 1. The van der Waals surface area contributed by atoms with E-state index in [2.05, 4.69) is 15.3 Å². The van der Waals surface area contributed by atoms with Crippen LogP contribution in [0.2, 0.25) is 0 Å². The molecule has 0 saturated carbocycles.